The molecule has 0 aromatic heterocycles. The van der Waals surface area contributed by atoms with Crippen molar-refractivity contribution in [1.29, 1.82) is 0 Å². The number of hydrogen-bond donors (Lipinski definition) is 0. The van der Waals surface area contributed by atoms with Crippen molar-refractivity contribution in [3.05, 3.63) is 47.7 Å². The smallest absolute Gasteiger partial charge is 0.145 e. The number of halogens is 1. The molecule has 1 aliphatic heterocycles. The maximum absolute atomic E-state index is 2.28. The monoisotopic (exact) mass is 259 g/mol. The summed E-state index contributed by atoms with van der Waals surface area (Å²) in [5, 5.41) is 2.71. The molecule has 0 bridgehead atoms. The van der Waals surface area contributed by atoms with Gasteiger partial charge in [-0.1, -0.05) is 24.3 Å². The van der Waals surface area contributed by atoms with Crippen LogP contribution in [0.5, 0.6) is 0 Å². The Hall–Kier alpha value is -1.31. The Labute approximate surface area is 115 Å². The van der Waals surface area contributed by atoms with Gasteiger partial charge in [0.2, 0.25) is 0 Å². The van der Waals surface area contributed by atoms with Crippen molar-refractivity contribution < 1.29 is 12.4 Å². The van der Waals surface area contributed by atoms with Crippen LogP contribution in [-0.4, -0.2) is 14.1 Å². The van der Waals surface area contributed by atoms with Gasteiger partial charge in [-0.2, -0.15) is 0 Å². The molecule has 0 N–H and O–H groups in total. The van der Waals surface area contributed by atoms with Gasteiger partial charge in [0.15, 0.2) is 0 Å². The highest BCUT2D eigenvalue weighted by Gasteiger charge is 2.35. The van der Waals surface area contributed by atoms with Crippen LogP contribution in [0.2, 0.25) is 0 Å². The minimum absolute atomic E-state index is 0. The van der Waals surface area contributed by atoms with Crippen LogP contribution in [0.1, 0.15) is 19.4 Å². The lowest BCUT2D eigenvalue weighted by Gasteiger charge is -2.26. The third-order valence-corrected chi connectivity index (χ3v) is 4.27. The molecular weight excluding hydrogens is 242 g/mol. The van der Waals surface area contributed by atoms with E-state index in [-0.39, 0.29) is 12.4 Å². The highest BCUT2D eigenvalue weighted by molar-refractivity contribution is 6.01. The second-order valence-corrected chi connectivity index (χ2v) is 5.34. The Bertz CT molecular complexity index is 653. The van der Waals surface area contributed by atoms with Gasteiger partial charge in [0.05, 0.1) is 19.7 Å². The molecule has 0 amide bonds. The first-order valence-electron chi connectivity index (χ1n) is 6.08. The molecule has 0 saturated heterocycles. The van der Waals surface area contributed by atoms with E-state index in [0.717, 1.165) is 4.48 Å². The van der Waals surface area contributed by atoms with E-state index in [2.05, 4.69) is 64.3 Å². The lowest BCUT2D eigenvalue weighted by molar-refractivity contribution is -0.00000354. The Morgan fingerprint density at radius 2 is 1.56 bits per heavy atom. The van der Waals surface area contributed by atoms with Crippen molar-refractivity contribution in [2.24, 2.45) is 0 Å². The first kappa shape index (κ1) is 13.1. The van der Waals surface area contributed by atoms with Crippen LogP contribution in [0.3, 0.4) is 0 Å². The number of benzene rings is 2. The third-order valence-electron chi connectivity index (χ3n) is 4.27. The van der Waals surface area contributed by atoms with Gasteiger partial charge in [0.25, 0.3) is 0 Å². The van der Waals surface area contributed by atoms with Crippen LogP contribution in [-0.2, 0) is 0 Å². The summed E-state index contributed by atoms with van der Waals surface area (Å²) in [7, 11) is 4.53. The predicted molar refractivity (Wildman–Crippen MR) is 75.9 cm³/mol. The van der Waals surface area contributed by atoms with E-state index >= 15 is 0 Å². The number of hydrogen-bond acceptors (Lipinski definition) is 0. The van der Waals surface area contributed by atoms with E-state index < -0.39 is 0 Å². The first-order valence-corrected chi connectivity index (χ1v) is 6.08. The number of allylic oxidation sites excluding steroid dienone is 2. The molecule has 2 aromatic carbocycles. The molecule has 0 saturated carbocycles. The highest BCUT2D eigenvalue weighted by Crippen LogP contribution is 2.45. The number of nitrogens with zero attached hydrogens (tertiary/aromatic N) is 1. The second kappa shape index (κ2) is 4.11. The average molecular weight is 260 g/mol. The first-order chi connectivity index (χ1) is 8.03. The van der Waals surface area contributed by atoms with E-state index in [1.54, 1.807) is 0 Å². The Kier molecular flexibility index (Phi) is 3.00. The summed E-state index contributed by atoms with van der Waals surface area (Å²) >= 11 is 0. The topological polar surface area (TPSA) is 0 Å². The molecule has 1 nitrogen and oxygen atoms in total. The summed E-state index contributed by atoms with van der Waals surface area (Å²) < 4.78 is 0.881. The third kappa shape index (κ3) is 1.51. The summed E-state index contributed by atoms with van der Waals surface area (Å²) in [6.45, 7) is 4.48. The predicted octanol–water partition coefficient (Wildman–Crippen LogP) is 1.18. The fourth-order valence-electron chi connectivity index (χ4n) is 2.90. The van der Waals surface area contributed by atoms with E-state index in [1.807, 2.05) is 0 Å². The van der Waals surface area contributed by atoms with Gasteiger partial charge in [-0.05, 0) is 23.8 Å². The number of fused-ring (bicyclic) bond motifs is 3. The lowest BCUT2D eigenvalue weighted by atomic mass is 9.99. The van der Waals surface area contributed by atoms with E-state index in [9.17, 15) is 0 Å². The molecular formula is C16H18ClN. The standard InChI is InChI=1S/C16H18N.ClH/c1-11-12(2)17(3,4)15-10-9-13-7-5-6-8-14(13)16(11)15;/h5-10H,1-4H3;1H/q+1;/p-1. The van der Waals surface area contributed by atoms with Gasteiger partial charge in [0, 0.05) is 18.6 Å². The maximum Gasteiger partial charge on any atom is 0.145 e. The minimum atomic E-state index is 0. The van der Waals surface area contributed by atoms with Crippen LogP contribution in [0.25, 0.3) is 16.3 Å². The SMILES string of the molecule is CC1=C(C)[N+](C)(C)c2ccc3ccccc3c21.[Cl-]. The number of rotatable bonds is 0. The summed E-state index contributed by atoms with van der Waals surface area (Å²) in [6.07, 6.45) is 0. The molecule has 0 fully saturated rings. The van der Waals surface area contributed by atoms with Crippen molar-refractivity contribution in [1.82, 2.24) is 4.48 Å². The van der Waals surface area contributed by atoms with Crippen molar-refractivity contribution in [2.45, 2.75) is 13.8 Å². The maximum atomic E-state index is 2.28. The van der Waals surface area contributed by atoms with Gasteiger partial charge >= 0.3 is 0 Å². The summed E-state index contributed by atoms with van der Waals surface area (Å²) in [6, 6.07) is 13.2. The van der Waals surface area contributed by atoms with E-state index in [4.69, 9.17) is 0 Å². The zero-order chi connectivity index (χ0) is 12.2. The average Bonchev–Trinajstić information content (AvgIpc) is 2.51. The van der Waals surface area contributed by atoms with Crippen molar-refractivity contribution in [3.63, 3.8) is 0 Å². The largest absolute Gasteiger partial charge is 1.00 e. The quantitative estimate of drug-likeness (QED) is 0.624. The van der Waals surface area contributed by atoms with Crippen LogP contribution in [0, 0.1) is 0 Å². The summed E-state index contributed by atoms with van der Waals surface area (Å²) in [4.78, 5) is 0. The van der Waals surface area contributed by atoms with Gasteiger partial charge in [-0.15, -0.1) is 0 Å². The molecule has 3 rings (SSSR count). The van der Waals surface area contributed by atoms with Gasteiger partial charge in [0.1, 0.15) is 11.4 Å². The van der Waals surface area contributed by atoms with Crippen LogP contribution in [0.15, 0.2) is 42.1 Å². The molecule has 94 valence electrons. The van der Waals surface area contributed by atoms with Gasteiger partial charge in [-0.25, -0.2) is 0 Å². The fourth-order valence-corrected chi connectivity index (χ4v) is 2.90. The Balaban J connectivity index is 0.00000120. The zero-order valence-corrected chi connectivity index (χ0v) is 12.0. The van der Waals surface area contributed by atoms with Crippen molar-refractivity contribution in [3.8, 4) is 0 Å². The summed E-state index contributed by atoms with van der Waals surface area (Å²) in [5.41, 5.74) is 5.72. The molecule has 0 spiro atoms. The zero-order valence-electron chi connectivity index (χ0n) is 11.3. The van der Waals surface area contributed by atoms with E-state index in [0.29, 0.717) is 0 Å². The van der Waals surface area contributed by atoms with Gasteiger partial charge < -0.3 is 12.4 Å². The molecule has 0 unspecified atom stereocenters. The van der Waals surface area contributed by atoms with Gasteiger partial charge in [-0.3, -0.25) is 4.48 Å². The Morgan fingerprint density at radius 3 is 2.28 bits per heavy atom. The van der Waals surface area contributed by atoms with E-state index in [1.165, 1.54) is 33.3 Å². The molecule has 2 heteroatoms. The summed E-state index contributed by atoms with van der Waals surface area (Å²) in [5.74, 6) is 0. The molecule has 2 aromatic rings. The van der Waals surface area contributed by atoms with Crippen LogP contribution in [0.4, 0.5) is 5.69 Å². The lowest BCUT2D eigenvalue weighted by Crippen LogP contribution is -3.00. The second-order valence-electron chi connectivity index (χ2n) is 5.34. The molecule has 18 heavy (non-hydrogen) atoms. The van der Waals surface area contributed by atoms with Crippen LogP contribution >= 0.6 is 0 Å². The normalized spacial score (nSPS) is 16.7. The van der Waals surface area contributed by atoms with Crippen LogP contribution < -0.4 is 16.9 Å². The molecule has 1 aliphatic rings. The number of quaternary nitrogens is 1. The molecule has 0 atom stereocenters. The van der Waals surface area contributed by atoms with Crippen molar-refractivity contribution in [2.75, 3.05) is 14.1 Å². The highest BCUT2D eigenvalue weighted by atomic mass is 35.5. The Morgan fingerprint density at radius 1 is 0.889 bits per heavy atom. The fraction of sp³-hybridized carbons (Fsp3) is 0.250. The molecule has 1 heterocycles. The molecule has 0 radical (unpaired) electrons. The van der Waals surface area contributed by atoms with Crippen molar-refractivity contribution >= 4 is 22.0 Å². The molecule has 0 aliphatic carbocycles. The minimum Gasteiger partial charge on any atom is -1.00 e.